The van der Waals surface area contributed by atoms with Crippen LogP contribution in [0.2, 0.25) is 0 Å². The molecule has 57 heavy (non-hydrogen) atoms. The van der Waals surface area contributed by atoms with Crippen molar-refractivity contribution in [1.29, 1.82) is 0 Å². The summed E-state index contributed by atoms with van der Waals surface area (Å²) in [6.07, 6.45) is 0. The van der Waals surface area contributed by atoms with Gasteiger partial charge in [0.05, 0.1) is 0 Å². The Hall–Kier alpha value is -6.90. The lowest BCUT2D eigenvalue weighted by atomic mass is 9.81. The molecule has 2 heterocycles. The van der Waals surface area contributed by atoms with Crippen LogP contribution in [0, 0.1) is 0 Å². The number of fused-ring (bicyclic) bond motifs is 11. The summed E-state index contributed by atoms with van der Waals surface area (Å²) in [5.74, 6) is 0. The van der Waals surface area contributed by atoms with Crippen molar-refractivity contribution in [1.82, 2.24) is 9.13 Å². The van der Waals surface area contributed by atoms with Crippen molar-refractivity contribution in [3.8, 4) is 44.5 Å². The van der Waals surface area contributed by atoms with Crippen LogP contribution in [0.4, 0.5) is 0 Å². The standard InChI is InChI=1S/C55H40N2/c1-55(2)46-24-8-5-15-36(46)45-31-33(29-30-47(45)55)52-39-20-11-18-34(37-22-13-27-50-53(37)41-16-6-9-25-48(41)56(50)3)43(39)32-44-35(19-12-21-40(44)52)38-23-14-28-51-54(38)42-17-7-10-26-49(42)57(51)4/h5-32H,1-4H3. The summed E-state index contributed by atoms with van der Waals surface area (Å²) in [5.41, 5.74) is 18.0. The van der Waals surface area contributed by atoms with Gasteiger partial charge < -0.3 is 9.13 Å². The van der Waals surface area contributed by atoms with E-state index < -0.39 is 0 Å². The third-order valence-corrected chi connectivity index (χ3v) is 13.4. The minimum absolute atomic E-state index is 0.0557. The van der Waals surface area contributed by atoms with Gasteiger partial charge in [0.2, 0.25) is 0 Å². The molecule has 0 aliphatic heterocycles. The molecule has 0 amide bonds. The fourth-order valence-electron chi connectivity index (χ4n) is 10.7. The van der Waals surface area contributed by atoms with E-state index >= 15 is 0 Å². The van der Waals surface area contributed by atoms with Gasteiger partial charge >= 0.3 is 0 Å². The summed E-state index contributed by atoms with van der Waals surface area (Å²) in [6.45, 7) is 4.73. The summed E-state index contributed by atoms with van der Waals surface area (Å²) in [5, 5.41) is 10.2. The van der Waals surface area contributed by atoms with Crippen LogP contribution in [0.15, 0.2) is 170 Å². The van der Waals surface area contributed by atoms with E-state index in [4.69, 9.17) is 0 Å². The smallest absolute Gasteiger partial charge is 0.0495 e. The highest BCUT2D eigenvalue weighted by atomic mass is 14.9. The quantitative estimate of drug-likeness (QED) is 0.160. The van der Waals surface area contributed by atoms with Crippen LogP contribution < -0.4 is 0 Å². The maximum Gasteiger partial charge on any atom is 0.0495 e. The average molecular weight is 729 g/mol. The lowest BCUT2D eigenvalue weighted by Crippen LogP contribution is -2.14. The van der Waals surface area contributed by atoms with E-state index in [-0.39, 0.29) is 5.41 Å². The first-order valence-corrected chi connectivity index (χ1v) is 20.1. The van der Waals surface area contributed by atoms with Crippen LogP contribution in [-0.2, 0) is 19.5 Å². The Labute approximate surface area is 331 Å². The molecular weight excluding hydrogens is 689 g/mol. The van der Waals surface area contributed by atoms with Crippen LogP contribution in [0.1, 0.15) is 25.0 Å². The zero-order valence-electron chi connectivity index (χ0n) is 32.6. The van der Waals surface area contributed by atoms with E-state index in [9.17, 15) is 0 Å². The average Bonchev–Trinajstić information content (AvgIpc) is 3.81. The number of hydrogen-bond donors (Lipinski definition) is 0. The van der Waals surface area contributed by atoms with Crippen molar-refractivity contribution in [3.63, 3.8) is 0 Å². The molecule has 2 heteroatoms. The molecule has 2 nitrogen and oxygen atoms in total. The molecule has 1 aliphatic carbocycles. The predicted octanol–water partition coefficient (Wildman–Crippen LogP) is 14.6. The molecule has 0 saturated heterocycles. The Morgan fingerprint density at radius 3 is 1.37 bits per heavy atom. The Balaban J connectivity index is 1.23. The topological polar surface area (TPSA) is 9.86 Å². The molecule has 0 atom stereocenters. The van der Waals surface area contributed by atoms with E-state index in [0.717, 1.165) is 0 Å². The number of aryl methyl sites for hydroxylation is 2. The van der Waals surface area contributed by atoms with Crippen LogP contribution in [0.25, 0.3) is 110 Å². The summed E-state index contributed by atoms with van der Waals surface area (Å²) in [7, 11) is 4.38. The molecule has 0 unspecified atom stereocenters. The van der Waals surface area contributed by atoms with Crippen molar-refractivity contribution in [2.75, 3.05) is 0 Å². The van der Waals surface area contributed by atoms with Gasteiger partial charge in [0.1, 0.15) is 0 Å². The maximum atomic E-state index is 2.50. The second-order valence-corrected chi connectivity index (χ2v) is 16.5. The molecule has 0 saturated carbocycles. The van der Waals surface area contributed by atoms with Crippen LogP contribution in [0.5, 0.6) is 0 Å². The zero-order chi connectivity index (χ0) is 38.2. The maximum absolute atomic E-state index is 2.50. The molecule has 0 bridgehead atoms. The molecule has 11 aromatic rings. The zero-order valence-corrected chi connectivity index (χ0v) is 32.6. The number of rotatable bonds is 3. The Bertz CT molecular complexity index is 3340. The highest BCUT2D eigenvalue weighted by Gasteiger charge is 2.35. The largest absolute Gasteiger partial charge is 0.344 e. The first-order valence-electron chi connectivity index (χ1n) is 20.1. The summed E-state index contributed by atoms with van der Waals surface area (Å²) in [4.78, 5) is 0. The van der Waals surface area contributed by atoms with E-state index in [0.29, 0.717) is 0 Å². The van der Waals surface area contributed by atoms with E-state index in [1.807, 2.05) is 0 Å². The first-order chi connectivity index (χ1) is 27.9. The van der Waals surface area contributed by atoms with E-state index in [2.05, 4.69) is 207 Å². The van der Waals surface area contributed by atoms with Crippen molar-refractivity contribution >= 4 is 65.2 Å². The molecule has 9 aromatic carbocycles. The number of benzene rings is 9. The highest BCUT2D eigenvalue weighted by Crippen LogP contribution is 2.52. The van der Waals surface area contributed by atoms with Crippen molar-refractivity contribution in [2.45, 2.75) is 19.3 Å². The molecule has 0 radical (unpaired) electrons. The van der Waals surface area contributed by atoms with Gasteiger partial charge in [-0.15, -0.1) is 0 Å². The number of aromatic nitrogens is 2. The Morgan fingerprint density at radius 1 is 0.333 bits per heavy atom. The molecule has 1 aliphatic rings. The van der Waals surface area contributed by atoms with Crippen LogP contribution >= 0.6 is 0 Å². The molecule has 0 spiro atoms. The van der Waals surface area contributed by atoms with Gasteiger partial charge in [-0.1, -0.05) is 147 Å². The third kappa shape index (κ3) is 4.30. The molecule has 270 valence electrons. The normalized spacial score (nSPS) is 13.4. The minimum atomic E-state index is -0.0557. The fourth-order valence-corrected chi connectivity index (χ4v) is 10.7. The lowest BCUT2D eigenvalue weighted by molar-refractivity contribution is 0.660. The summed E-state index contributed by atoms with van der Waals surface area (Å²) in [6, 6.07) is 63.9. The minimum Gasteiger partial charge on any atom is -0.344 e. The van der Waals surface area contributed by atoms with Gasteiger partial charge in [-0.2, -0.15) is 0 Å². The molecule has 0 fully saturated rings. The first kappa shape index (κ1) is 32.4. The number of nitrogens with zero attached hydrogens (tertiary/aromatic N) is 2. The van der Waals surface area contributed by atoms with Crippen molar-refractivity contribution < 1.29 is 0 Å². The second-order valence-electron chi connectivity index (χ2n) is 16.5. The van der Waals surface area contributed by atoms with Gasteiger partial charge in [0.15, 0.2) is 0 Å². The van der Waals surface area contributed by atoms with E-state index in [1.165, 1.54) is 121 Å². The van der Waals surface area contributed by atoms with Crippen LogP contribution in [-0.4, -0.2) is 9.13 Å². The molecule has 2 aromatic heterocycles. The fraction of sp³-hybridized carbons (Fsp3) is 0.0909. The second kappa shape index (κ2) is 11.6. The van der Waals surface area contributed by atoms with Gasteiger partial charge in [0, 0.05) is 63.1 Å². The lowest BCUT2D eigenvalue weighted by Gasteiger charge is -2.22. The highest BCUT2D eigenvalue weighted by molar-refractivity contribution is 6.24. The molecular formula is C55H40N2. The number of para-hydroxylation sites is 2. The summed E-state index contributed by atoms with van der Waals surface area (Å²) < 4.78 is 4.68. The Morgan fingerprint density at radius 2 is 0.772 bits per heavy atom. The monoisotopic (exact) mass is 728 g/mol. The van der Waals surface area contributed by atoms with Crippen molar-refractivity contribution in [2.24, 2.45) is 14.1 Å². The van der Waals surface area contributed by atoms with Gasteiger partial charge in [-0.05, 0) is 114 Å². The van der Waals surface area contributed by atoms with Crippen molar-refractivity contribution in [3.05, 3.63) is 181 Å². The van der Waals surface area contributed by atoms with E-state index in [1.54, 1.807) is 0 Å². The summed E-state index contributed by atoms with van der Waals surface area (Å²) >= 11 is 0. The van der Waals surface area contributed by atoms with Gasteiger partial charge in [0.25, 0.3) is 0 Å². The predicted molar refractivity (Wildman–Crippen MR) is 243 cm³/mol. The Kier molecular flexibility index (Phi) is 6.57. The van der Waals surface area contributed by atoms with Crippen LogP contribution in [0.3, 0.4) is 0 Å². The third-order valence-electron chi connectivity index (χ3n) is 13.4. The molecule has 0 N–H and O–H groups in total. The van der Waals surface area contributed by atoms with Gasteiger partial charge in [-0.3, -0.25) is 0 Å². The SMILES string of the molecule is Cn1c2ccccc2c2c(-c3cccc4c(-c5ccc6c(c5)-c5ccccc5C6(C)C)c5cccc(-c6cccc7c6c6ccccc6n7C)c5cc34)cccc21. The molecule has 12 rings (SSSR count). The number of hydrogen-bond acceptors (Lipinski definition) is 0. The van der Waals surface area contributed by atoms with Gasteiger partial charge in [-0.25, -0.2) is 0 Å².